The zero-order valence-electron chi connectivity index (χ0n) is 21.2. The van der Waals surface area contributed by atoms with Gasteiger partial charge in [0.25, 0.3) is 11.1 Å². The molecular weight excluding hydrogens is 500 g/mol. The fourth-order valence-electron chi connectivity index (χ4n) is 4.55. The quantitative estimate of drug-likeness (QED) is 0.286. The van der Waals surface area contributed by atoms with E-state index in [1.54, 1.807) is 6.92 Å². The molecule has 0 saturated heterocycles. The van der Waals surface area contributed by atoms with Crippen LogP contribution in [0.3, 0.4) is 0 Å². The van der Waals surface area contributed by atoms with Crippen LogP contribution in [0.4, 0.5) is 0 Å². The number of amides is 1. The average Bonchev–Trinajstić information content (AvgIpc) is 3.42. The van der Waals surface area contributed by atoms with Crippen molar-refractivity contribution in [1.29, 1.82) is 0 Å². The molecule has 3 aromatic carbocycles. The number of hydrogen-bond donors (Lipinski definition) is 1. The van der Waals surface area contributed by atoms with Gasteiger partial charge in [-0.3, -0.25) is 4.79 Å². The first kappa shape index (κ1) is 25.5. The maximum absolute atomic E-state index is 13.1. The third kappa shape index (κ3) is 5.70. The average molecular weight is 529 g/mol. The van der Waals surface area contributed by atoms with Crippen molar-refractivity contribution in [3.8, 4) is 16.7 Å². The number of carbonyl (C=O) groups is 2. The molecule has 1 N–H and O–H groups in total. The highest BCUT2D eigenvalue weighted by Crippen LogP contribution is 2.38. The van der Waals surface area contributed by atoms with E-state index in [9.17, 15) is 9.59 Å². The lowest BCUT2D eigenvalue weighted by Gasteiger charge is -2.27. The minimum atomic E-state index is -1.24. The molecule has 8 heteroatoms. The topological polar surface area (TPSA) is 86.8 Å². The van der Waals surface area contributed by atoms with Crippen LogP contribution in [0.25, 0.3) is 0 Å². The van der Waals surface area contributed by atoms with E-state index < -0.39 is 17.4 Å². The minimum absolute atomic E-state index is 0.0352. The smallest absolute Gasteiger partial charge is 0.331 e. The number of methoxy groups -OCH3 is 1. The Morgan fingerprint density at radius 1 is 1.08 bits per heavy atom. The van der Waals surface area contributed by atoms with Gasteiger partial charge in [0, 0.05) is 6.42 Å². The Labute approximate surface area is 225 Å². The van der Waals surface area contributed by atoms with E-state index in [2.05, 4.69) is 22.4 Å². The Morgan fingerprint density at radius 3 is 2.55 bits per heavy atom. The normalized spacial score (nSPS) is 15.9. The van der Waals surface area contributed by atoms with Gasteiger partial charge in [0.2, 0.25) is 0 Å². The molecule has 194 valence electrons. The summed E-state index contributed by atoms with van der Waals surface area (Å²) in [5.41, 5.74) is 1.90. The van der Waals surface area contributed by atoms with Crippen molar-refractivity contribution in [2.75, 3.05) is 7.11 Å². The van der Waals surface area contributed by atoms with Gasteiger partial charge in [-0.05, 0) is 54.7 Å². The Morgan fingerprint density at radius 2 is 1.82 bits per heavy atom. The molecule has 1 aliphatic rings. The second kappa shape index (κ2) is 11.1. The molecule has 5 rings (SSSR count). The van der Waals surface area contributed by atoms with Crippen LogP contribution >= 0.6 is 11.3 Å². The molecule has 4 aromatic rings. The van der Waals surface area contributed by atoms with Crippen LogP contribution in [0.1, 0.15) is 45.8 Å². The first-order chi connectivity index (χ1) is 18.4. The van der Waals surface area contributed by atoms with Gasteiger partial charge >= 0.3 is 5.97 Å². The Kier molecular flexibility index (Phi) is 7.42. The predicted molar refractivity (Wildman–Crippen MR) is 145 cm³/mol. The van der Waals surface area contributed by atoms with Gasteiger partial charge in [-0.1, -0.05) is 72.0 Å². The summed E-state index contributed by atoms with van der Waals surface area (Å²) >= 11 is 1.11. The number of aromatic nitrogens is 1. The number of aryl methyl sites for hydroxylation is 1. The van der Waals surface area contributed by atoms with E-state index in [-0.39, 0.29) is 12.5 Å². The van der Waals surface area contributed by atoms with Gasteiger partial charge in [-0.15, -0.1) is 0 Å². The first-order valence-electron chi connectivity index (χ1n) is 12.4. The number of carbonyl (C=O) groups excluding carboxylic acids is 2. The number of ether oxygens (including phenoxy) is 3. The number of nitrogens with one attached hydrogen (secondary N) is 1. The van der Waals surface area contributed by atoms with Gasteiger partial charge < -0.3 is 19.5 Å². The van der Waals surface area contributed by atoms with E-state index in [1.807, 2.05) is 66.7 Å². The fraction of sp³-hybridized carbons (Fsp3) is 0.233. The van der Waals surface area contributed by atoms with Crippen LogP contribution in [-0.2, 0) is 22.4 Å². The molecule has 0 bridgehead atoms. The molecule has 7 nitrogen and oxygen atoms in total. The van der Waals surface area contributed by atoms with Gasteiger partial charge in [0.15, 0.2) is 0 Å². The van der Waals surface area contributed by atoms with Crippen LogP contribution in [0.2, 0.25) is 0 Å². The van der Waals surface area contributed by atoms with Gasteiger partial charge in [-0.25, -0.2) is 9.78 Å². The van der Waals surface area contributed by atoms with Gasteiger partial charge in [0.05, 0.1) is 13.3 Å². The lowest BCUT2D eigenvalue weighted by Crippen LogP contribution is -2.54. The summed E-state index contributed by atoms with van der Waals surface area (Å²) in [5.74, 6) is 0.515. The molecule has 0 spiro atoms. The molecule has 0 radical (unpaired) electrons. The molecule has 1 aliphatic heterocycles. The minimum Gasteiger partial charge on any atom is -0.485 e. The van der Waals surface area contributed by atoms with Crippen molar-refractivity contribution in [1.82, 2.24) is 10.3 Å². The Balaban J connectivity index is 1.25. The predicted octanol–water partition coefficient (Wildman–Crippen LogP) is 5.91. The van der Waals surface area contributed by atoms with Crippen LogP contribution in [0.15, 0.2) is 85.1 Å². The second-order valence-corrected chi connectivity index (χ2v) is 10.4. The van der Waals surface area contributed by atoms with Crippen molar-refractivity contribution < 1.29 is 23.8 Å². The van der Waals surface area contributed by atoms with E-state index >= 15 is 0 Å². The molecule has 0 aliphatic carbocycles. The summed E-state index contributed by atoms with van der Waals surface area (Å²) in [6.45, 7) is 1.65. The zero-order valence-corrected chi connectivity index (χ0v) is 22.0. The molecule has 2 unspecified atom stereocenters. The Hall–Kier alpha value is -4.17. The van der Waals surface area contributed by atoms with Crippen molar-refractivity contribution in [3.63, 3.8) is 0 Å². The van der Waals surface area contributed by atoms with Crippen LogP contribution in [-0.4, -0.2) is 29.5 Å². The highest BCUT2D eigenvalue weighted by Gasteiger charge is 2.37. The van der Waals surface area contributed by atoms with E-state index in [1.165, 1.54) is 18.9 Å². The number of fused-ring (bicyclic) bond motifs is 1. The molecule has 38 heavy (non-hydrogen) atoms. The molecule has 1 aromatic heterocycles. The number of benzene rings is 3. The third-order valence-electron chi connectivity index (χ3n) is 6.49. The molecular formula is C30H28N2O5S. The fourth-order valence-corrected chi connectivity index (χ4v) is 5.23. The number of esters is 1. The highest BCUT2D eigenvalue weighted by molar-refractivity contribution is 7.15. The van der Waals surface area contributed by atoms with Crippen LogP contribution in [0.5, 0.6) is 16.7 Å². The summed E-state index contributed by atoms with van der Waals surface area (Å²) in [5, 5.41) is 3.16. The lowest BCUT2D eigenvalue weighted by molar-refractivity contribution is -0.147. The monoisotopic (exact) mass is 528 g/mol. The lowest BCUT2D eigenvalue weighted by atomic mass is 9.92. The summed E-state index contributed by atoms with van der Waals surface area (Å²) in [6.07, 6.45) is 3.51. The Bertz CT molecular complexity index is 1420. The van der Waals surface area contributed by atoms with Gasteiger partial charge in [0.1, 0.15) is 28.0 Å². The third-order valence-corrected chi connectivity index (χ3v) is 7.36. The largest absolute Gasteiger partial charge is 0.485 e. The zero-order chi connectivity index (χ0) is 26.5. The SMILES string of the molecule is COC(=O)C(C)(Cc1ccccc1)NC(=O)c1cnc(Oc2ccc3c(c2)CCC(c2ccccc2)O3)s1. The van der Waals surface area contributed by atoms with Crippen molar-refractivity contribution in [2.24, 2.45) is 0 Å². The van der Waals surface area contributed by atoms with E-state index in [4.69, 9.17) is 14.2 Å². The number of nitrogens with zero attached hydrogens (tertiary/aromatic N) is 1. The van der Waals surface area contributed by atoms with Crippen molar-refractivity contribution >= 4 is 23.2 Å². The molecule has 1 amide bonds. The maximum Gasteiger partial charge on any atom is 0.331 e. The highest BCUT2D eigenvalue weighted by atomic mass is 32.1. The number of hydrogen-bond acceptors (Lipinski definition) is 7. The van der Waals surface area contributed by atoms with Crippen molar-refractivity contribution in [3.05, 3.63) is 107 Å². The standard InChI is InChI=1S/C30H28N2O5S/c1-30(28(34)35-2,18-20-9-5-3-6-10-20)32-27(33)26-19-31-29(38-26)36-23-14-16-25-22(17-23)13-15-24(37-25)21-11-7-4-8-12-21/h3-12,14,16-17,19,24H,13,15,18H2,1-2H3,(H,32,33). The molecule has 2 heterocycles. The number of thiazole rings is 1. The summed E-state index contributed by atoms with van der Waals surface area (Å²) in [7, 11) is 1.31. The number of rotatable bonds is 8. The summed E-state index contributed by atoms with van der Waals surface area (Å²) in [4.78, 5) is 30.2. The van der Waals surface area contributed by atoms with Crippen LogP contribution < -0.4 is 14.8 Å². The first-order valence-corrected chi connectivity index (χ1v) is 13.2. The molecule has 2 atom stereocenters. The summed E-state index contributed by atoms with van der Waals surface area (Å²) in [6, 6.07) is 25.4. The summed E-state index contributed by atoms with van der Waals surface area (Å²) < 4.78 is 17.2. The van der Waals surface area contributed by atoms with E-state index in [0.29, 0.717) is 15.8 Å². The van der Waals surface area contributed by atoms with Crippen molar-refractivity contribution in [2.45, 2.75) is 37.8 Å². The van der Waals surface area contributed by atoms with Gasteiger partial charge in [-0.2, -0.15) is 0 Å². The van der Waals surface area contributed by atoms with Crippen LogP contribution in [0, 0.1) is 0 Å². The second-order valence-electron chi connectivity index (χ2n) is 9.36. The van der Waals surface area contributed by atoms with E-state index in [0.717, 1.165) is 41.1 Å². The molecule has 0 fully saturated rings. The maximum atomic E-state index is 13.1. The molecule has 0 saturated carbocycles.